The van der Waals surface area contributed by atoms with Gasteiger partial charge in [-0.1, -0.05) is 6.92 Å². The Morgan fingerprint density at radius 3 is 2.84 bits per heavy atom. The van der Waals surface area contributed by atoms with Crippen LogP contribution in [0.25, 0.3) is 11.1 Å². The number of rotatable bonds is 4. The van der Waals surface area contributed by atoms with Crippen molar-refractivity contribution in [3.8, 4) is 0 Å². The van der Waals surface area contributed by atoms with Crippen molar-refractivity contribution in [3.63, 3.8) is 0 Å². The highest BCUT2D eigenvalue weighted by atomic mass is 16.8. The minimum absolute atomic E-state index is 0.223. The van der Waals surface area contributed by atoms with E-state index < -0.39 is 18.4 Å². The number of esters is 1. The second kappa shape index (κ2) is 5.47. The van der Waals surface area contributed by atoms with Gasteiger partial charge < -0.3 is 23.6 Å². The van der Waals surface area contributed by atoms with Crippen molar-refractivity contribution < 1.29 is 28.2 Å². The number of hydrogen-bond donors (Lipinski definition) is 1. The van der Waals surface area contributed by atoms with Crippen LogP contribution >= 0.6 is 0 Å². The van der Waals surface area contributed by atoms with Crippen molar-refractivity contribution >= 4 is 23.2 Å². The van der Waals surface area contributed by atoms with E-state index in [-0.39, 0.29) is 5.69 Å². The van der Waals surface area contributed by atoms with Crippen molar-refractivity contribution in [3.05, 3.63) is 24.1 Å². The number of carbonyl (C=O) groups excluding carboxylic acids is 2. The second-order valence-electron chi connectivity index (χ2n) is 3.70. The third-order valence-electron chi connectivity index (χ3n) is 2.43. The lowest BCUT2D eigenvalue weighted by atomic mass is 10.4. The molecule has 2 heterocycles. The Balaban J connectivity index is 2.02. The SMILES string of the molecule is CCC(OC(=O)OC)OC(=O)c1cc2occc2[nH]1. The first-order valence-electron chi connectivity index (χ1n) is 5.65. The number of furan rings is 1. The summed E-state index contributed by atoms with van der Waals surface area (Å²) >= 11 is 0. The Bertz CT molecular complexity index is 555. The number of methoxy groups -OCH3 is 1. The summed E-state index contributed by atoms with van der Waals surface area (Å²) in [6, 6.07) is 3.21. The molecule has 0 fully saturated rings. The summed E-state index contributed by atoms with van der Waals surface area (Å²) in [5, 5.41) is 0. The molecule has 2 aromatic rings. The van der Waals surface area contributed by atoms with E-state index in [2.05, 4.69) is 9.72 Å². The molecule has 1 unspecified atom stereocenters. The number of nitrogens with one attached hydrogen (secondary N) is 1. The van der Waals surface area contributed by atoms with E-state index in [0.717, 1.165) is 0 Å². The van der Waals surface area contributed by atoms with Gasteiger partial charge >= 0.3 is 12.1 Å². The fourth-order valence-electron chi connectivity index (χ4n) is 1.49. The lowest BCUT2D eigenvalue weighted by molar-refractivity contribution is -0.0900. The molecule has 0 aliphatic carbocycles. The van der Waals surface area contributed by atoms with Crippen LogP contribution in [-0.2, 0) is 14.2 Å². The Morgan fingerprint density at radius 2 is 2.21 bits per heavy atom. The van der Waals surface area contributed by atoms with Crippen LogP contribution in [0.15, 0.2) is 22.8 Å². The topological polar surface area (TPSA) is 90.8 Å². The molecule has 7 heteroatoms. The van der Waals surface area contributed by atoms with Gasteiger partial charge in [-0.3, -0.25) is 0 Å². The van der Waals surface area contributed by atoms with Crippen molar-refractivity contribution in [1.82, 2.24) is 4.98 Å². The van der Waals surface area contributed by atoms with Gasteiger partial charge in [0.15, 0.2) is 5.58 Å². The second-order valence-corrected chi connectivity index (χ2v) is 3.70. The summed E-state index contributed by atoms with van der Waals surface area (Å²) in [5.41, 5.74) is 1.46. The Kier molecular flexibility index (Phi) is 3.74. The van der Waals surface area contributed by atoms with E-state index in [1.54, 1.807) is 13.0 Å². The van der Waals surface area contributed by atoms with Gasteiger partial charge in [0.2, 0.25) is 0 Å². The number of H-pyrrole nitrogens is 1. The predicted molar refractivity (Wildman–Crippen MR) is 63.5 cm³/mol. The quantitative estimate of drug-likeness (QED) is 0.675. The minimum Gasteiger partial charge on any atom is -0.463 e. The highest BCUT2D eigenvalue weighted by molar-refractivity contribution is 5.93. The molecule has 0 amide bonds. The summed E-state index contributed by atoms with van der Waals surface area (Å²) < 4.78 is 19.2. The van der Waals surface area contributed by atoms with Gasteiger partial charge in [-0.15, -0.1) is 0 Å². The summed E-state index contributed by atoms with van der Waals surface area (Å²) in [7, 11) is 1.18. The Morgan fingerprint density at radius 1 is 1.42 bits per heavy atom. The van der Waals surface area contributed by atoms with Crippen LogP contribution in [0, 0.1) is 0 Å². The molecular formula is C12H13NO6. The molecule has 0 aromatic carbocycles. The van der Waals surface area contributed by atoms with Gasteiger partial charge in [-0.2, -0.15) is 0 Å². The molecule has 2 rings (SSSR count). The normalized spacial score (nSPS) is 12.1. The highest BCUT2D eigenvalue weighted by Crippen LogP contribution is 2.17. The molecule has 19 heavy (non-hydrogen) atoms. The maximum atomic E-state index is 11.8. The van der Waals surface area contributed by atoms with E-state index >= 15 is 0 Å². The number of aromatic amines is 1. The van der Waals surface area contributed by atoms with Gasteiger partial charge in [-0.25, -0.2) is 9.59 Å². The summed E-state index contributed by atoms with van der Waals surface area (Å²) in [5.74, 6) is -0.637. The van der Waals surface area contributed by atoms with Crippen molar-refractivity contribution in [2.24, 2.45) is 0 Å². The van der Waals surface area contributed by atoms with Crippen molar-refractivity contribution in [2.45, 2.75) is 19.6 Å². The van der Waals surface area contributed by atoms with Gasteiger partial charge in [-0.05, 0) is 0 Å². The van der Waals surface area contributed by atoms with Crippen LogP contribution in [-0.4, -0.2) is 30.5 Å². The zero-order valence-electron chi connectivity index (χ0n) is 10.5. The molecule has 1 N–H and O–H groups in total. The number of aromatic nitrogens is 1. The first-order valence-corrected chi connectivity index (χ1v) is 5.65. The molecule has 1 atom stereocenters. The standard InChI is InChI=1S/C12H13NO6/c1-3-10(19-12(15)16-2)18-11(14)8-6-9-7(13-8)4-5-17-9/h4-6,10,13H,3H2,1-2H3. The average molecular weight is 267 g/mol. The average Bonchev–Trinajstić information content (AvgIpc) is 2.98. The van der Waals surface area contributed by atoms with Gasteiger partial charge in [0.25, 0.3) is 6.29 Å². The van der Waals surface area contributed by atoms with Crippen LogP contribution in [0.2, 0.25) is 0 Å². The predicted octanol–water partition coefficient (Wildman–Crippen LogP) is 2.44. The van der Waals surface area contributed by atoms with Crippen molar-refractivity contribution in [2.75, 3.05) is 7.11 Å². The summed E-state index contributed by atoms with van der Waals surface area (Å²) in [6.45, 7) is 1.71. The smallest absolute Gasteiger partial charge is 0.463 e. The first kappa shape index (κ1) is 13.0. The van der Waals surface area contributed by atoms with Crippen molar-refractivity contribution in [1.29, 1.82) is 0 Å². The monoisotopic (exact) mass is 267 g/mol. The van der Waals surface area contributed by atoms with Crippen LogP contribution in [0.5, 0.6) is 0 Å². The molecule has 0 radical (unpaired) electrons. The maximum Gasteiger partial charge on any atom is 0.511 e. The highest BCUT2D eigenvalue weighted by Gasteiger charge is 2.20. The largest absolute Gasteiger partial charge is 0.511 e. The van der Waals surface area contributed by atoms with Crippen LogP contribution in [0.4, 0.5) is 4.79 Å². The molecule has 0 aliphatic heterocycles. The van der Waals surface area contributed by atoms with E-state index in [1.807, 2.05) is 0 Å². The van der Waals surface area contributed by atoms with E-state index in [1.165, 1.54) is 19.4 Å². The number of ether oxygens (including phenoxy) is 3. The fourth-order valence-corrected chi connectivity index (χ4v) is 1.49. The number of carbonyl (C=O) groups is 2. The Labute approximate surface area is 108 Å². The van der Waals surface area contributed by atoms with E-state index in [0.29, 0.717) is 17.5 Å². The zero-order chi connectivity index (χ0) is 13.8. The lowest BCUT2D eigenvalue weighted by Gasteiger charge is -2.14. The molecular weight excluding hydrogens is 254 g/mol. The van der Waals surface area contributed by atoms with Gasteiger partial charge in [0.1, 0.15) is 5.69 Å². The molecule has 0 saturated carbocycles. The molecule has 2 aromatic heterocycles. The number of fused-ring (bicyclic) bond motifs is 1. The van der Waals surface area contributed by atoms with Crippen LogP contribution in [0.1, 0.15) is 23.8 Å². The zero-order valence-corrected chi connectivity index (χ0v) is 10.5. The first-order chi connectivity index (χ1) is 9.13. The molecule has 0 aliphatic rings. The van der Waals surface area contributed by atoms with Crippen LogP contribution in [0.3, 0.4) is 0 Å². The Hall–Kier alpha value is -2.44. The summed E-state index contributed by atoms with van der Waals surface area (Å²) in [6.07, 6.45) is -0.0715. The van der Waals surface area contributed by atoms with Crippen LogP contribution < -0.4 is 0 Å². The lowest BCUT2D eigenvalue weighted by Crippen LogP contribution is -2.24. The minimum atomic E-state index is -0.991. The molecule has 0 saturated heterocycles. The third kappa shape index (κ3) is 2.87. The van der Waals surface area contributed by atoms with Gasteiger partial charge in [0.05, 0.1) is 18.9 Å². The molecule has 0 bridgehead atoms. The summed E-state index contributed by atoms with van der Waals surface area (Å²) in [4.78, 5) is 25.6. The third-order valence-corrected chi connectivity index (χ3v) is 2.43. The molecule has 0 spiro atoms. The van der Waals surface area contributed by atoms with E-state index in [9.17, 15) is 9.59 Å². The number of hydrogen-bond acceptors (Lipinski definition) is 6. The van der Waals surface area contributed by atoms with E-state index in [4.69, 9.17) is 13.9 Å². The molecule has 7 nitrogen and oxygen atoms in total. The fraction of sp³-hybridized carbons (Fsp3) is 0.333. The molecule has 102 valence electrons. The maximum absolute atomic E-state index is 11.8. The van der Waals surface area contributed by atoms with Gasteiger partial charge in [0, 0.05) is 18.6 Å².